The Morgan fingerprint density at radius 3 is 2.62 bits per heavy atom. The number of hydrogen-bond acceptors (Lipinski definition) is 2. The number of alkyl halides is 4. The molecular weight excluding hydrogens is 246 g/mol. The van der Waals surface area contributed by atoms with Crippen molar-refractivity contribution >= 4 is 17.2 Å². The minimum absolute atomic E-state index is 0.107. The first-order chi connectivity index (χ1) is 7.35. The molecule has 0 fully saturated rings. The summed E-state index contributed by atoms with van der Waals surface area (Å²) in [5.74, 6) is -6.49. The van der Waals surface area contributed by atoms with E-state index in [1.54, 1.807) is 16.8 Å². The molecule has 0 aromatic carbocycles. The maximum atomic E-state index is 12.7. The van der Waals surface area contributed by atoms with Crippen LogP contribution in [-0.4, -0.2) is 30.2 Å². The Balaban J connectivity index is 2.68. The molecule has 90 valence electrons. The van der Waals surface area contributed by atoms with Gasteiger partial charge in [-0.05, 0) is 22.4 Å². The number of carbonyl (C=O) groups is 1. The molecule has 1 heterocycles. The minimum atomic E-state index is -4.62. The molecule has 0 unspecified atom stereocenters. The fraction of sp³-hybridized carbons (Fsp3) is 0.444. The molecule has 0 N–H and O–H groups in total. The van der Waals surface area contributed by atoms with E-state index >= 15 is 0 Å². The van der Waals surface area contributed by atoms with Gasteiger partial charge in [0.1, 0.15) is 0 Å². The summed E-state index contributed by atoms with van der Waals surface area (Å²) in [6.07, 6.45) is -3.98. The van der Waals surface area contributed by atoms with Gasteiger partial charge in [-0.25, -0.2) is 8.78 Å². The molecule has 0 bridgehead atoms. The van der Waals surface area contributed by atoms with Gasteiger partial charge in [-0.2, -0.15) is 20.1 Å². The van der Waals surface area contributed by atoms with E-state index in [9.17, 15) is 22.4 Å². The number of thiophene rings is 1. The van der Waals surface area contributed by atoms with Gasteiger partial charge in [0.25, 0.3) is 5.91 Å². The standard InChI is InChI=1S/C9H9F4NOS/c1-14(4-6-2-3-16-5-6)8(15)9(12,13)7(10)11/h2-3,5,7H,4H2,1H3. The van der Waals surface area contributed by atoms with E-state index in [-0.39, 0.29) is 6.54 Å². The highest BCUT2D eigenvalue weighted by molar-refractivity contribution is 7.07. The first-order valence-corrected chi connectivity index (χ1v) is 5.22. The van der Waals surface area contributed by atoms with E-state index in [1.807, 2.05) is 0 Å². The van der Waals surface area contributed by atoms with Gasteiger partial charge in [0.05, 0.1) is 0 Å². The van der Waals surface area contributed by atoms with E-state index in [1.165, 1.54) is 11.3 Å². The lowest BCUT2D eigenvalue weighted by Crippen LogP contribution is -2.45. The molecule has 7 heteroatoms. The van der Waals surface area contributed by atoms with Crippen LogP contribution in [0.4, 0.5) is 17.6 Å². The van der Waals surface area contributed by atoms with Crippen LogP contribution in [0.5, 0.6) is 0 Å². The number of amides is 1. The minimum Gasteiger partial charge on any atom is -0.336 e. The summed E-state index contributed by atoms with van der Waals surface area (Å²) in [4.78, 5) is 11.6. The van der Waals surface area contributed by atoms with Crippen LogP contribution in [0.3, 0.4) is 0 Å². The monoisotopic (exact) mass is 255 g/mol. The number of halogens is 4. The predicted molar refractivity (Wildman–Crippen MR) is 51.7 cm³/mol. The van der Waals surface area contributed by atoms with Crippen LogP contribution in [0, 0.1) is 0 Å². The normalized spacial score (nSPS) is 11.9. The molecule has 0 saturated heterocycles. The Morgan fingerprint density at radius 2 is 2.19 bits per heavy atom. The van der Waals surface area contributed by atoms with Crippen molar-refractivity contribution < 1.29 is 22.4 Å². The Hall–Kier alpha value is -1.11. The number of nitrogens with zero attached hydrogens (tertiary/aromatic N) is 1. The van der Waals surface area contributed by atoms with Gasteiger partial charge in [0.15, 0.2) is 0 Å². The Kier molecular flexibility index (Phi) is 3.90. The molecule has 0 spiro atoms. The smallest absolute Gasteiger partial charge is 0.336 e. The fourth-order valence-corrected chi connectivity index (χ4v) is 1.74. The second kappa shape index (κ2) is 4.82. The Labute approximate surface area is 93.5 Å². The lowest BCUT2D eigenvalue weighted by Gasteiger charge is -2.22. The summed E-state index contributed by atoms with van der Waals surface area (Å²) < 4.78 is 49.2. The van der Waals surface area contributed by atoms with Crippen LogP contribution in [0.2, 0.25) is 0 Å². The zero-order valence-corrected chi connectivity index (χ0v) is 9.11. The third kappa shape index (κ3) is 2.72. The maximum absolute atomic E-state index is 12.7. The van der Waals surface area contributed by atoms with Crippen molar-refractivity contribution in [2.75, 3.05) is 7.05 Å². The average Bonchev–Trinajstić information content (AvgIpc) is 2.68. The zero-order chi connectivity index (χ0) is 12.3. The van der Waals surface area contributed by atoms with E-state index in [0.717, 1.165) is 7.05 Å². The van der Waals surface area contributed by atoms with Crippen molar-refractivity contribution in [2.45, 2.75) is 18.9 Å². The fourth-order valence-electron chi connectivity index (χ4n) is 1.08. The molecular formula is C9H9F4NOS. The molecule has 0 saturated carbocycles. The molecule has 16 heavy (non-hydrogen) atoms. The summed E-state index contributed by atoms with van der Waals surface area (Å²) in [5.41, 5.74) is 0.630. The van der Waals surface area contributed by atoms with Gasteiger partial charge >= 0.3 is 12.3 Å². The van der Waals surface area contributed by atoms with Gasteiger partial charge in [0.2, 0.25) is 0 Å². The van der Waals surface area contributed by atoms with Crippen LogP contribution >= 0.6 is 11.3 Å². The third-order valence-corrected chi connectivity index (χ3v) is 2.64. The lowest BCUT2D eigenvalue weighted by atomic mass is 10.2. The van der Waals surface area contributed by atoms with Gasteiger partial charge in [0, 0.05) is 13.6 Å². The van der Waals surface area contributed by atoms with E-state index in [4.69, 9.17) is 0 Å². The molecule has 2 nitrogen and oxygen atoms in total. The van der Waals surface area contributed by atoms with Crippen LogP contribution in [-0.2, 0) is 11.3 Å². The summed E-state index contributed by atoms with van der Waals surface area (Å²) in [5, 5.41) is 3.36. The second-order valence-corrected chi connectivity index (χ2v) is 4.00. The molecule has 0 atom stereocenters. The van der Waals surface area contributed by atoms with Gasteiger partial charge in [-0.15, -0.1) is 0 Å². The molecule has 0 aliphatic carbocycles. The second-order valence-electron chi connectivity index (χ2n) is 3.22. The molecule has 1 aromatic rings. The molecule has 0 aliphatic rings. The first kappa shape index (κ1) is 13.0. The van der Waals surface area contributed by atoms with Crippen molar-refractivity contribution in [1.82, 2.24) is 4.90 Å². The molecule has 1 aromatic heterocycles. The molecule has 1 amide bonds. The largest absolute Gasteiger partial charge is 0.383 e. The van der Waals surface area contributed by atoms with Crippen molar-refractivity contribution in [1.29, 1.82) is 0 Å². The van der Waals surface area contributed by atoms with Crippen LogP contribution < -0.4 is 0 Å². The number of carbonyl (C=O) groups excluding carboxylic acids is 1. The van der Waals surface area contributed by atoms with E-state index in [0.29, 0.717) is 10.5 Å². The zero-order valence-electron chi connectivity index (χ0n) is 8.29. The maximum Gasteiger partial charge on any atom is 0.383 e. The van der Waals surface area contributed by atoms with Crippen molar-refractivity contribution in [2.24, 2.45) is 0 Å². The van der Waals surface area contributed by atoms with Crippen LogP contribution in [0.15, 0.2) is 16.8 Å². The summed E-state index contributed by atoms with van der Waals surface area (Å²) >= 11 is 1.33. The topological polar surface area (TPSA) is 20.3 Å². The molecule has 1 rings (SSSR count). The first-order valence-electron chi connectivity index (χ1n) is 4.28. The predicted octanol–water partition coefficient (Wildman–Crippen LogP) is 2.61. The van der Waals surface area contributed by atoms with Crippen LogP contribution in [0.25, 0.3) is 0 Å². The van der Waals surface area contributed by atoms with Gasteiger partial charge < -0.3 is 4.90 Å². The average molecular weight is 255 g/mol. The number of hydrogen-bond donors (Lipinski definition) is 0. The lowest BCUT2D eigenvalue weighted by molar-refractivity contribution is -0.179. The van der Waals surface area contributed by atoms with Crippen molar-refractivity contribution in [3.05, 3.63) is 22.4 Å². The highest BCUT2D eigenvalue weighted by Crippen LogP contribution is 2.25. The van der Waals surface area contributed by atoms with Crippen LogP contribution in [0.1, 0.15) is 5.56 Å². The highest BCUT2D eigenvalue weighted by Gasteiger charge is 2.50. The van der Waals surface area contributed by atoms with E-state index < -0.39 is 18.3 Å². The summed E-state index contributed by atoms with van der Waals surface area (Å²) in [7, 11) is 1.07. The Bertz CT molecular complexity index is 352. The van der Waals surface area contributed by atoms with Crippen molar-refractivity contribution in [3.63, 3.8) is 0 Å². The molecule has 0 radical (unpaired) electrons. The van der Waals surface area contributed by atoms with Gasteiger partial charge in [-0.3, -0.25) is 4.79 Å². The third-order valence-electron chi connectivity index (χ3n) is 1.91. The summed E-state index contributed by atoms with van der Waals surface area (Å²) in [6.45, 7) is -0.107. The highest BCUT2D eigenvalue weighted by atomic mass is 32.1. The molecule has 0 aliphatic heterocycles. The summed E-state index contributed by atoms with van der Waals surface area (Å²) in [6, 6.07) is 1.63. The van der Waals surface area contributed by atoms with Crippen molar-refractivity contribution in [3.8, 4) is 0 Å². The van der Waals surface area contributed by atoms with Gasteiger partial charge in [-0.1, -0.05) is 0 Å². The number of rotatable bonds is 4. The van der Waals surface area contributed by atoms with E-state index in [2.05, 4.69) is 0 Å². The SMILES string of the molecule is CN(Cc1ccsc1)C(=O)C(F)(F)C(F)F. The Morgan fingerprint density at radius 1 is 1.56 bits per heavy atom. The quantitative estimate of drug-likeness (QED) is 0.757.